The molecule has 7 heteroatoms. The van der Waals surface area contributed by atoms with Gasteiger partial charge < -0.3 is 9.47 Å². The van der Waals surface area contributed by atoms with Gasteiger partial charge in [0.05, 0.1) is 31.2 Å². The number of rotatable bonds is 3. The zero-order chi connectivity index (χ0) is 16.1. The van der Waals surface area contributed by atoms with Gasteiger partial charge in [0.25, 0.3) is 17.7 Å². The predicted octanol–water partition coefficient (Wildman–Crippen LogP) is 0.278. The lowest BCUT2D eigenvalue weighted by Crippen LogP contribution is -2.47. The van der Waals surface area contributed by atoms with Crippen LogP contribution in [0.4, 0.5) is 0 Å². The summed E-state index contributed by atoms with van der Waals surface area (Å²) in [5.41, 5.74) is 2.70. The highest BCUT2D eigenvalue weighted by atomic mass is 16.5. The fourth-order valence-electron chi connectivity index (χ4n) is 3.34. The zero-order valence-electron chi connectivity index (χ0n) is 12.3. The van der Waals surface area contributed by atoms with E-state index in [0.717, 1.165) is 5.01 Å². The molecule has 3 amide bonds. The molecule has 0 radical (unpaired) electrons. The Kier molecular flexibility index (Phi) is 2.99. The Morgan fingerprint density at radius 2 is 1.83 bits per heavy atom. The number of nitrogens with zero attached hydrogens (tertiary/aromatic N) is 1. The third kappa shape index (κ3) is 1.97. The van der Waals surface area contributed by atoms with Crippen molar-refractivity contribution in [2.75, 3.05) is 7.11 Å². The fraction of sp³-hybridized carbons (Fsp3) is 0.312. The van der Waals surface area contributed by atoms with Crippen molar-refractivity contribution in [3.8, 4) is 5.75 Å². The Morgan fingerprint density at radius 1 is 1.17 bits per heavy atom. The minimum Gasteiger partial charge on any atom is -0.497 e. The summed E-state index contributed by atoms with van der Waals surface area (Å²) >= 11 is 0. The molecule has 7 nitrogen and oxygen atoms in total. The van der Waals surface area contributed by atoms with Gasteiger partial charge >= 0.3 is 0 Å². The number of carbonyl (C=O) groups is 3. The van der Waals surface area contributed by atoms with Crippen molar-refractivity contribution in [3.05, 3.63) is 42.0 Å². The molecule has 23 heavy (non-hydrogen) atoms. The van der Waals surface area contributed by atoms with E-state index in [1.54, 1.807) is 30.4 Å². The van der Waals surface area contributed by atoms with Crippen molar-refractivity contribution in [1.29, 1.82) is 0 Å². The lowest BCUT2D eigenvalue weighted by Gasteiger charge is -2.18. The zero-order valence-corrected chi connectivity index (χ0v) is 12.3. The van der Waals surface area contributed by atoms with Gasteiger partial charge in [0.2, 0.25) is 0 Å². The molecule has 0 saturated carbocycles. The maximum absolute atomic E-state index is 12.4. The first-order chi connectivity index (χ1) is 11.1. The summed E-state index contributed by atoms with van der Waals surface area (Å²) in [6.45, 7) is 0. The van der Waals surface area contributed by atoms with E-state index in [9.17, 15) is 14.4 Å². The molecule has 1 aromatic rings. The Labute approximate surface area is 131 Å². The van der Waals surface area contributed by atoms with Crippen LogP contribution < -0.4 is 10.2 Å². The largest absolute Gasteiger partial charge is 0.497 e. The molecule has 4 atom stereocenters. The van der Waals surface area contributed by atoms with Crippen molar-refractivity contribution < 1.29 is 23.9 Å². The van der Waals surface area contributed by atoms with Crippen LogP contribution in [-0.4, -0.2) is 42.0 Å². The van der Waals surface area contributed by atoms with Crippen molar-refractivity contribution in [3.63, 3.8) is 0 Å². The number of carbonyl (C=O) groups excluding carboxylic acids is 3. The van der Waals surface area contributed by atoms with Crippen LogP contribution in [0, 0.1) is 11.8 Å². The normalized spacial score (nSPS) is 30.7. The van der Waals surface area contributed by atoms with E-state index in [2.05, 4.69) is 5.43 Å². The van der Waals surface area contributed by atoms with E-state index >= 15 is 0 Å². The van der Waals surface area contributed by atoms with Gasteiger partial charge in [-0.2, -0.15) is 5.01 Å². The molecule has 0 aliphatic carbocycles. The van der Waals surface area contributed by atoms with Crippen molar-refractivity contribution in [1.82, 2.24) is 10.4 Å². The smallest absolute Gasteiger partial charge is 0.270 e. The van der Waals surface area contributed by atoms with Crippen molar-refractivity contribution >= 4 is 17.7 Å². The average molecular weight is 314 g/mol. The molecule has 0 unspecified atom stereocenters. The van der Waals surface area contributed by atoms with Gasteiger partial charge in [0.15, 0.2) is 0 Å². The minimum atomic E-state index is -0.539. The molecule has 1 aromatic carbocycles. The molecule has 118 valence electrons. The van der Waals surface area contributed by atoms with Crippen LogP contribution in [-0.2, 0) is 14.3 Å². The van der Waals surface area contributed by atoms with Crippen LogP contribution in [0.2, 0.25) is 0 Å². The molecule has 0 aromatic heterocycles. The number of hydrazine groups is 1. The SMILES string of the molecule is COc1cccc(C(=O)NN2C(=O)[C@@H]3[C@@H](C2=O)[C@@H]2C=C[C@@H]3O2)c1. The second kappa shape index (κ2) is 4.92. The second-order valence-electron chi connectivity index (χ2n) is 5.69. The highest BCUT2D eigenvalue weighted by molar-refractivity contribution is 6.09. The lowest BCUT2D eigenvalue weighted by molar-refractivity contribution is -0.145. The van der Waals surface area contributed by atoms with Crippen LogP contribution >= 0.6 is 0 Å². The highest BCUT2D eigenvalue weighted by Crippen LogP contribution is 2.44. The van der Waals surface area contributed by atoms with Gasteiger partial charge in [0.1, 0.15) is 5.75 Å². The first-order valence-electron chi connectivity index (χ1n) is 7.27. The van der Waals surface area contributed by atoms with E-state index in [1.165, 1.54) is 13.2 Å². The summed E-state index contributed by atoms with van der Waals surface area (Å²) in [4.78, 5) is 37.2. The van der Waals surface area contributed by atoms with E-state index in [0.29, 0.717) is 11.3 Å². The van der Waals surface area contributed by atoms with Crippen LogP contribution in [0.15, 0.2) is 36.4 Å². The maximum atomic E-state index is 12.4. The summed E-state index contributed by atoms with van der Waals surface area (Å²) in [6.07, 6.45) is 2.84. The number of methoxy groups -OCH3 is 1. The molecular formula is C16H14N2O5. The molecule has 0 spiro atoms. The predicted molar refractivity (Wildman–Crippen MR) is 77.1 cm³/mol. The Bertz CT molecular complexity index is 714. The van der Waals surface area contributed by atoms with Crippen LogP contribution in [0.25, 0.3) is 0 Å². The summed E-state index contributed by atoms with van der Waals surface area (Å²) in [7, 11) is 1.49. The first-order valence-corrected chi connectivity index (χ1v) is 7.27. The van der Waals surface area contributed by atoms with E-state index in [4.69, 9.17) is 9.47 Å². The van der Waals surface area contributed by atoms with Gasteiger partial charge in [-0.1, -0.05) is 18.2 Å². The monoisotopic (exact) mass is 314 g/mol. The third-order valence-corrected chi connectivity index (χ3v) is 4.46. The molecule has 3 aliphatic heterocycles. The van der Waals surface area contributed by atoms with E-state index in [-0.39, 0.29) is 12.2 Å². The molecule has 2 bridgehead atoms. The number of imide groups is 1. The average Bonchev–Trinajstić information content (AvgIpc) is 3.24. The number of nitrogens with one attached hydrogen (secondary N) is 1. The number of benzene rings is 1. The van der Waals surface area contributed by atoms with Gasteiger partial charge in [-0.15, -0.1) is 0 Å². The van der Waals surface area contributed by atoms with E-state index < -0.39 is 29.6 Å². The Morgan fingerprint density at radius 3 is 2.43 bits per heavy atom. The number of hydrogen-bond donors (Lipinski definition) is 1. The molecule has 2 saturated heterocycles. The highest BCUT2D eigenvalue weighted by Gasteiger charge is 2.61. The van der Waals surface area contributed by atoms with Gasteiger partial charge in [-0.3, -0.25) is 19.8 Å². The summed E-state index contributed by atoms with van der Waals surface area (Å²) in [5, 5.41) is 0.826. The van der Waals surface area contributed by atoms with Gasteiger partial charge in [-0.05, 0) is 18.2 Å². The quantitative estimate of drug-likeness (QED) is 0.640. The molecule has 3 aliphatic rings. The first kappa shape index (κ1) is 14.0. The molecule has 2 fully saturated rings. The maximum Gasteiger partial charge on any atom is 0.270 e. The molecule has 4 rings (SSSR count). The van der Waals surface area contributed by atoms with Crippen LogP contribution in [0.3, 0.4) is 0 Å². The molecule has 1 N–H and O–H groups in total. The third-order valence-electron chi connectivity index (χ3n) is 4.46. The van der Waals surface area contributed by atoms with Gasteiger partial charge in [0, 0.05) is 5.56 Å². The minimum absolute atomic E-state index is 0.305. The number of amides is 3. The summed E-state index contributed by atoms with van der Waals surface area (Å²) in [6, 6.07) is 6.48. The van der Waals surface area contributed by atoms with Crippen molar-refractivity contribution in [2.45, 2.75) is 12.2 Å². The van der Waals surface area contributed by atoms with Crippen molar-refractivity contribution in [2.24, 2.45) is 11.8 Å². The lowest BCUT2D eigenvalue weighted by atomic mass is 9.85. The van der Waals surface area contributed by atoms with Crippen LogP contribution in [0.5, 0.6) is 5.75 Å². The summed E-state index contributed by atoms with van der Waals surface area (Å²) in [5.74, 6) is -1.94. The molecular weight excluding hydrogens is 300 g/mol. The number of fused-ring (bicyclic) bond motifs is 5. The Hall–Kier alpha value is -2.67. The topological polar surface area (TPSA) is 84.9 Å². The second-order valence-corrected chi connectivity index (χ2v) is 5.69. The van der Waals surface area contributed by atoms with Gasteiger partial charge in [-0.25, -0.2) is 0 Å². The standard InChI is InChI=1S/C16H14N2O5/c1-22-9-4-2-3-8(7-9)14(19)17-18-15(20)12-10-5-6-11(23-10)13(12)16(18)21/h2-7,10-13H,1H3,(H,17,19)/t10-,11-,12-,13-/m0/s1. The Balaban J connectivity index is 1.54. The van der Waals surface area contributed by atoms with Crippen LogP contribution in [0.1, 0.15) is 10.4 Å². The number of ether oxygens (including phenoxy) is 2. The van der Waals surface area contributed by atoms with E-state index in [1.807, 2.05) is 0 Å². The fourth-order valence-corrected chi connectivity index (χ4v) is 3.34. The summed E-state index contributed by atoms with van der Waals surface area (Å²) < 4.78 is 10.6. The molecule has 3 heterocycles. The number of hydrogen-bond acceptors (Lipinski definition) is 5.